The van der Waals surface area contributed by atoms with Crippen LogP contribution < -0.4 is 14.8 Å². The maximum Gasteiger partial charge on any atom is 0.262 e. The molecule has 1 amide bonds. The van der Waals surface area contributed by atoms with E-state index >= 15 is 0 Å². The Labute approximate surface area is 116 Å². The van der Waals surface area contributed by atoms with Gasteiger partial charge in [-0.2, -0.15) is 0 Å². The van der Waals surface area contributed by atoms with Crippen LogP contribution in [0.4, 0.5) is 10.1 Å². The van der Waals surface area contributed by atoms with E-state index in [0.29, 0.717) is 17.2 Å². The van der Waals surface area contributed by atoms with Crippen LogP contribution in [0, 0.1) is 5.82 Å². The molecule has 0 saturated carbocycles. The van der Waals surface area contributed by atoms with Crippen molar-refractivity contribution in [1.82, 2.24) is 0 Å². The largest absolute Gasteiger partial charge is 0.497 e. The van der Waals surface area contributed by atoms with Crippen LogP contribution in [0.1, 0.15) is 0 Å². The maximum absolute atomic E-state index is 12.9. The van der Waals surface area contributed by atoms with Crippen molar-refractivity contribution in [1.29, 1.82) is 0 Å². The van der Waals surface area contributed by atoms with Gasteiger partial charge in [0.05, 0.1) is 7.11 Å². The highest BCUT2D eigenvalue weighted by Gasteiger charge is 2.04. The van der Waals surface area contributed by atoms with Gasteiger partial charge in [0, 0.05) is 5.69 Å². The molecule has 0 bridgehead atoms. The lowest BCUT2D eigenvalue weighted by atomic mass is 10.3. The number of hydrogen-bond acceptors (Lipinski definition) is 3. The quantitative estimate of drug-likeness (QED) is 0.912. The highest BCUT2D eigenvalue weighted by Crippen LogP contribution is 2.17. The van der Waals surface area contributed by atoms with Gasteiger partial charge in [-0.15, -0.1) is 0 Å². The summed E-state index contributed by atoms with van der Waals surface area (Å²) in [6.07, 6.45) is 0. The van der Waals surface area contributed by atoms with Gasteiger partial charge in [-0.3, -0.25) is 4.79 Å². The molecule has 0 aliphatic rings. The molecule has 104 valence electrons. The summed E-state index contributed by atoms with van der Waals surface area (Å²) in [4.78, 5) is 11.6. The van der Waals surface area contributed by atoms with Gasteiger partial charge in [0.2, 0.25) is 0 Å². The van der Waals surface area contributed by atoms with E-state index in [4.69, 9.17) is 9.47 Å². The molecule has 2 aromatic carbocycles. The van der Waals surface area contributed by atoms with E-state index in [-0.39, 0.29) is 12.5 Å². The van der Waals surface area contributed by atoms with E-state index in [9.17, 15) is 9.18 Å². The van der Waals surface area contributed by atoms with Crippen LogP contribution in [0.15, 0.2) is 48.5 Å². The first-order valence-corrected chi connectivity index (χ1v) is 5.99. The molecule has 0 atom stereocenters. The van der Waals surface area contributed by atoms with Gasteiger partial charge in [0.15, 0.2) is 6.61 Å². The zero-order valence-corrected chi connectivity index (χ0v) is 10.9. The Kier molecular flexibility index (Phi) is 4.55. The predicted octanol–water partition coefficient (Wildman–Crippen LogP) is 2.85. The molecule has 20 heavy (non-hydrogen) atoms. The molecule has 0 aliphatic heterocycles. The number of carbonyl (C=O) groups is 1. The van der Waals surface area contributed by atoms with Crippen molar-refractivity contribution in [2.45, 2.75) is 0 Å². The van der Waals surface area contributed by atoms with E-state index in [1.165, 1.54) is 18.2 Å². The topological polar surface area (TPSA) is 47.6 Å². The number of benzene rings is 2. The number of rotatable bonds is 5. The minimum Gasteiger partial charge on any atom is -0.497 e. The number of anilines is 1. The van der Waals surface area contributed by atoms with Gasteiger partial charge in [-0.05, 0) is 42.5 Å². The van der Waals surface area contributed by atoms with Gasteiger partial charge in [0.25, 0.3) is 5.91 Å². The fourth-order valence-electron chi connectivity index (χ4n) is 1.58. The van der Waals surface area contributed by atoms with Crippen molar-refractivity contribution < 1.29 is 18.7 Å². The van der Waals surface area contributed by atoms with E-state index in [2.05, 4.69) is 5.32 Å². The standard InChI is InChI=1S/C15H14FNO3/c1-19-13-5-7-14(8-6-13)20-10-15(18)17-12-4-2-3-11(16)9-12/h2-9H,10H2,1H3,(H,17,18). The Morgan fingerprint density at radius 1 is 1.15 bits per heavy atom. The molecule has 0 aliphatic carbocycles. The van der Waals surface area contributed by atoms with E-state index in [1.807, 2.05) is 0 Å². The number of ether oxygens (including phenoxy) is 2. The lowest BCUT2D eigenvalue weighted by molar-refractivity contribution is -0.118. The first kappa shape index (κ1) is 13.9. The van der Waals surface area contributed by atoms with Gasteiger partial charge >= 0.3 is 0 Å². The summed E-state index contributed by atoms with van der Waals surface area (Å²) in [5.74, 6) is 0.507. The van der Waals surface area contributed by atoms with Crippen molar-refractivity contribution in [3.63, 3.8) is 0 Å². The maximum atomic E-state index is 12.9. The van der Waals surface area contributed by atoms with Crippen LogP contribution in [0.5, 0.6) is 11.5 Å². The molecule has 0 heterocycles. The molecule has 2 rings (SSSR count). The fourth-order valence-corrected chi connectivity index (χ4v) is 1.58. The van der Waals surface area contributed by atoms with Crippen molar-refractivity contribution in [3.8, 4) is 11.5 Å². The van der Waals surface area contributed by atoms with Crippen LogP contribution in [0.3, 0.4) is 0 Å². The molecule has 5 heteroatoms. The Morgan fingerprint density at radius 3 is 2.50 bits per heavy atom. The third kappa shape index (κ3) is 3.98. The molecule has 2 aromatic rings. The van der Waals surface area contributed by atoms with Crippen LogP contribution in [-0.4, -0.2) is 19.6 Å². The van der Waals surface area contributed by atoms with Crippen LogP contribution in [0.2, 0.25) is 0 Å². The summed E-state index contributed by atoms with van der Waals surface area (Å²) in [5, 5.41) is 2.55. The van der Waals surface area contributed by atoms with E-state index in [0.717, 1.165) is 0 Å². The Hall–Kier alpha value is -2.56. The number of halogens is 1. The SMILES string of the molecule is COc1ccc(OCC(=O)Nc2cccc(F)c2)cc1. The summed E-state index contributed by atoms with van der Waals surface area (Å²) in [5.41, 5.74) is 0.397. The molecule has 0 fully saturated rings. The summed E-state index contributed by atoms with van der Waals surface area (Å²) >= 11 is 0. The predicted molar refractivity (Wildman–Crippen MR) is 73.5 cm³/mol. The molecule has 0 radical (unpaired) electrons. The van der Waals surface area contributed by atoms with Crippen LogP contribution in [-0.2, 0) is 4.79 Å². The second kappa shape index (κ2) is 6.56. The molecule has 4 nitrogen and oxygen atoms in total. The zero-order valence-electron chi connectivity index (χ0n) is 10.9. The van der Waals surface area contributed by atoms with E-state index in [1.54, 1.807) is 37.4 Å². The number of carbonyl (C=O) groups excluding carboxylic acids is 1. The number of nitrogens with one attached hydrogen (secondary N) is 1. The Morgan fingerprint density at radius 2 is 1.85 bits per heavy atom. The number of hydrogen-bond donors (Lipinski definition) is 1. The lowest BCUT2D eigenvalue weighted by Gasteiger charge is -2.08. The molecule has 0 saturated heterocycles. The number of amides is 1. The van der Waals surface area contributed by atoms with Crippen molar-refractivity contribution >= 4 is 11.6 Å². The lowest BCUT2D eigenvalue weighted by Crippen LogP contribution is -2.20. The molecular weight excluding hydrogens is 261 g/mol. The van der Waals surface area contributed by atoms with Crippen molar-refractivity contribution in [2.24, 2.45) is 0 Å². The average molecular weight is 275 g/mol. The first-order chi connectivity index (χ1) is 9.67. The van der Waals surface area contributed by atoms with Crippen LogP contribution >= 0.6 is 0 Å². The van der Waals surface area contributed by atoms with Crippen LogP contribution in [0.25, 0.3) is 0 Å². The first-order valence-electron chi connectivity index (χ1n) is 5.99. The molecule has 0 spiro atoms. The normalized spacial score (nSPS) is 9.90. The molecule has 0 unspecified atom stereocenters. The molecular formula is C15H14FNO3. The van der Waals surface area contributed by atoms with Crippen molar-refractivity contribution in [3.05, 3.63) is 54.3 Å². The molecule has 1 N–H and O–H groups in total. The highest BCUT2D eigenvalue weighted by atomic mass is 19.1. The van der Waals surface area contributed by atoms with Crippen molar-refractivity contribution in [2.75, 3.05) is 19.0 Å². The zero-order chi connectivity index (χ0) is 14.4. The summed E-state index contributed by atoms with van der Waals surface area (Å²) in [6, 6.07) is 12.6. The third-order valence-electron chi connectivity index (χ3n) is 2.54. The van der Waals surface area contributed by atoms with Gasteiger partial charge in [0.1, 0.15) is 17.3 Å². The number of methoxy groups -OCH3 is 1. The Balaban J connectivity index is 1.85. The van der Waals surface area contributed by atoms with E-state index < -0.39 is 5.82 Å². The Bertz CT molecular complexity index is 584. The van der Waals surface area contributed by atoms with Gasteiger partial charge < -0.3 is 14.8 Å². The summed E-state index contributed by atoms with van der Waals surface area (Å²) in [6.45, 7) is -0.150. The second-order valence-electron chi connectivity index (χ2n) is 4.02. The average Bonchev–Trinajstić information content (AvgIpc) is 2.46. The minimum atomic E-state index is -0.404. The summed E-state index contributed by atoms with van der Waals surface area (Å²) < 4.78 is 23.3. The second-order valence-corrected chi connectivity index (χ2v) is 4.02. The smallest absolute Gasteiger partial charge is 0.262 e. The fraction of sp³-hybridized carbons (Fsp3) is 0.133. The highest BCUT2D eigenvalue weighted by molar-refractivity contribution is 5.91. The summed E-state index contributed by atoms with van der Waals surface area (Å²) in [7, 11) is 1.57. The van der Waals surface area contributed by atoms with Gasteiger partial charge in [-0.1, -0.05) is 6.07 Å². The monoisotopic (exact) mass is 275 g/mol. The molecule has 0 aromatic heterocycles. The van der Waals surface area contributed by atoms with Gasteiger partial charge in [-0.25, -0.2) is 4.39 Å². The third-order valence-corrected chi connectivity index (χ3v) is 2.54. The minimum absolute atomic E-state index is 0.150.